The highest BCUT2D eigenvalue weighted by atomic mass is 32.1. The topological polar surface area (TPSA) is 51.6 Å². The number of hydrogen-bond donors (Lipinski definition) is 0. The average Bonchev–Trinajstić information content (AvgIpc) is 3.72. The zero-order valence-corrected chi connectivity index (χ0v) is 32.1. The van der Waals surface area contributed by atoms with Crippen molar-refractivity contribution in [2.45, 2.75) is 13.3 Å². The molecule has 4 nitrogen and oxygen atoms in total. The monoisotopic (exact) mass is 748 g/mol. The molecule has 0 fully saturated rings. The highest BCUT2D eigenvalue weighted by molar-refractivity contribution is 7.21. The number of fused-ring (bicyclic) bond motifs is 2. The van der Waals surface area contributed by atoms with Crippen LogP contribution < -0.4 is 0 Å². The van der Waals surface area contributed by atoms with Gasteiger partial charge in [-0.3, -0.25) is 0 Å². The minimum absolute atomic E-state index is 0.645. The minimum atomic E-state index is 0.645. The number of benzene rings is 8. The Morgan fingerprint density at radius 1 is 0.386 bits per heavy atom. The van der Waals surface area contributed by atoms with Gasteiger partial charge < -0.3 is 0 Å². The van der Waals surface area contributed by atoms with Crippen molar-refractivity contribution in [1.82, 2.24) is 19.9 Å². The van der Waals surface area contributed by atoms with E-state index >= 15 is 0 Å². The number of aryl methyl sites for hydroxylation is 1. The average molecular weight is 749 g/mol. The standard InChI is InChI=1S/C52H36N4S/c1-34-14-8-9-19-42(34)45-31-29-40(52-53-47-22-12-13-23-48(47)57-52)33-41(45)32-39-28-30-44(46-21-11-10-20-43(39)46)35-24-26-38(27-25-35)51-55-49(36-15-4-2-5-16-36)54-50(56-51)37-17-6-3-7-18-37/h2-31,33H,32H2,1H3. The highest BCUT2D eigenvalue weighted by Gasteiger charge is 2.17. The summed E-state index contributed by atoms with van der Waals surface area (Å²) in [6, 6.07) is 66.1. The van der Waals surface area contributed by atoms with E-state index in [9.17, 15) is 0 Å². The molecule has 0 unspecified atom stereocenters. The van der Waals surface area contributed by atoms with Gasteiger partial charge in [-0.1, -0.05) is 170 Å². The first-order chi connectivity index (χ1) is 28.1. The summed E-state index contributed by atoms with van der Waals surface area (Å²) >= 11 is 1.75. The van der Waals surface area contributed by atoms with Crippen LogP contribution in [0.25, 0.3) is 88.0 Å². The van der Waals surface area contributed by atoms with E-state index in [1.807, 2.05) is 60.7 Å². The van der Waals surface area contributed by atoms with Crippen molar-refractivity contribution in [3.05, 3.63) is 205 Å². The lowest BCUT2D eigenvalue weighted by atomic mass is 9.88. The van der Waals surface area contributed by atoms with Crippen LogP contribution in [0.15, 0.2) is 188 Å². The minimum Gasteiger partial charge on any atom is -0.236 e. The number of para-hydroxylation sites is 1. The molecule has 0 aliphatic rings. The van der Waals surface area contributed by atoms with Crippen LogP contribution in [0.2, 0.25) is 0 Å². The van der Waals surface area contributed by atoms with Crippen molar-refractivity contribution in [3.63, 3.8) is 0 Å². The van der Waals surface area contributed by atoms with Crippen LogP contribution in [0.3, 0.4) is 0 Å². The van der Waals surface area contributed by atoms with E-state index in [0.717, 1.165) is 44.8 Å². The van der Waals surface area contributed by atoms with Crippen LogP contribution in [-0.2, 0) is 6.42 Å². The molecule has 10 rings (SSSR count). The second-order valence-corrected chi connectivity index (χ2v) is 15.3. The first-order valence-electron chi connectivity index (χ1n) is 19.2. The quantitative estimate of drug-likeness (QED) is 0.155. The van der Waals surface area contributed by atoms with Crippen molar-refractivity contribution in [2.75, 3.05) is 0 Å². The molecular weight excluding hydrogens is 713 g/mol. The Kier molecular flexibility index (Phi) is 8.98. The zero-order chi connectivity index (χ0) is 38.1. The summed E-state index contributed by atoms with van der Waals surface area (Å²) in [5, 5.41) is 3.51. The summed E-state index contributed by atoms with van der Waals surface area (Å²) in [5.41, 5.74) is 13.7. The molecule has 0 radical (unpaired) electrons. The molecule has 0 aliphatic heterocycles. The van der Waals surface area contributed by atoms with E-state index in [1.165, 1.54) is 48.9 Å². The Balaban J connectivity index is 1.03. The molecule has 0 atom stereocenters. The Labute approximate surface area is 335 Å². The number of rotatable bonds is 8. The summed E-state index contributed by atoms with van der Waals surface area (Å²) < 4.78 is 1.20. The van der Waals surface area contributed by atoms with Crippen LogP contribution in [-0.4, -0.2) is 19.9 Å². The van der Waals surface area contributed by atoms with Gasteiger partial charge in [-0.05, 0) is 81.3 Å². The number of nitrogens with zero attached hydrogens (tertiary/aromatic N) is 4. The molecule has 5 heteroatoms. The zero-order valence-electron chi connectivity index (χ0n) is 31.3. The first-order valence-corrected chi connectivity index (χ1v) is 20.0. The second-order valence-electron chi connectivity index (χ2n) is 14.3. The maximum Gasteiger partial charge on any atom is 0.164 e. The van der Waals surface area contributed by atoms with Gasteiger partial charge in [0.25, 0.3) is 0 Å². The third-order valence-corrected chi connectivity index (χ3v) is 11.7. The molecule has 0 N–H and O–H groups in total. The summed E-state index contributed by atoms with van der Waals surface area (Å²) in [6.07, 6.45) is 0.787. The molecule has 0 amide bonds. The van der Waals surface area contributed by atoms with Crippen LogP contribution in [0.5, 0.6) is 0 Å². The Morgan fingerprint density at radius 2 is 0.930 bits per heavy atom. The van der Waals surface area contributed by atoms with E-state index in [2.05, 4.69) is 134 Å². The largest absolute Gasteiger partial charge is 0.236 e. The maximum atomic E-state index is 5.02. The smallest absolute Gasteiger partial charge is 0.164 e. The summed E-state index contributed by atoms with van der Waals surface area (Å²) in [7, 11) is 0. The third kappa shape index (κ3) is 6.79. The van der Waals surface area contributed by atoms with Crippen LogP contribution >= 0.6 is 11.3 Å². The molecule has 10 aromatic rings. The lowest BCUT2D eigenvalue weighted by Gasteiger charge is -2.16. The van der Waals surface area contributed by atoms with Crippen molar-refractivity contribution < 1.29 is 0 Å². The molecule has 8 aromatic carbocycles. The van der Waals surface area contributed by atoms with Gasteiger partial charge in [0.2, 0.25) is 0 Å². The predicted molar refractivity (Wildman–Crippen MR) is 237 cm³/mol. The molecule has 0 saturated heterocycles. The Bertz CT molecular complexity index is 2950. The van der Waals surface area contributed by atoms with Gasteiger partial charge >= 0.3 is 0 Å². The van der Waals surface area contributed by atoms with Crippen molar-refractivity contribution in [1.29, 1.82) is 0 Å². The van der Waals surface area contributed by atoms with Crippen molar-refractivity contribution in [3.8, 4) is 67.0 Å². The second kappa shape index (κ2) is 14.9. The molecule has 270 valence electrons. The number of hydrogen-bond acceptors (Lipinski definition) is 5. The lowest BCUT2D eigenvalue weighted by Crippen LogP contribution is -2.00. The van der Waals surface area contributed by atoms with Crippen molar-refractivity contribution >= 4 is 32.3 Å². The van der Waals surface area contributed by atoms with E-state index < -0.39 is 0 Å². The van der Waals surface area contributed by atoms with E-state index in [1.54, 1.807) is 11.3 Å². The SMILES string of the molecule is Cc1ccccc1-c1ccc(-c2nc3ccccc3s2)cc1Cc1ccc(-c2ccc(-c3nc(-c4ccccc4)nc(-c4ccccc4)n3)cc2)c2ccccc12. The molecular formula is C52H36N4S. The maximum absolute atomic E-state index is 5.02. The Hall–Kier alpha value is -7.08. The van der Waals surface area contributed by atoms with Crippen LogP contribution in [0.1, 0.15) is 16.7 Å². The van der Waals surface area contributed by atoms with Gasteiger partial charge in [0.1, 0.15) is 5.01 Å². The third-order valence-electron chi connectivity index (χ3n) is 10.6. The van der Waals surface area contributed by atoms with E-state index in [4.69, 9.17) is 19.9 Å². The normalized spacial score (nSPS) is 11.3. The molecule has 2 heterocycles. The Morgan fingerprint density at radius 3 is 1.61 bits per heavy atom. The highest BCUT2D eigenvalue weighted by Crippen LogP contribution is 2.38. The van der Waals surface area contributed by atoms with Gasteiger partial charge in [-0.15, -0.1) is 11.3 Å². The fraction of sp³-hybridized carbons (Fsp3) is 0.0385. The molecule has 0 bridgehead atoms. The number of aromatic nitrogens is 4. The number of thiazole rings is 1. The van der Waals surface area contributed by atoms with E-state index in [0.29, 0.717) is 17.5 Å². The van der Waals surface area contributed by atoms with Gasteiger partial charge in [0.05, 0.1) is 10.2 Å². The molecule has 57 heavy (non-hydrogen) atoms. The van der Waals surface area contributed by atoms with Gasteiger partial charge in [-0.25, -0.2) is 19.9 Å². The van der Waals surface area contributed by atoms with Gasteiger partial charge in [0, 0.05) is 22.3 Å². The van der Waals surface area contributed by atoms with E-state index in [-0.39, 0.29) is 0 Å². The summed E-state index contributed by atoms with van der Waals surface area (Å²) in [6.45, 7) is 2.20. The molecule has 0 saturated carbocycles. The van der Waals surface area contributed by atoms with Gasteiger partial charge in [-0.2, -0.15) is 0 Å². The van der Waals surface area contributed by atoms with Crippen LogP contribution in [0, 0.1) is 6.92 Å². The summed E-state index contributed by atoms with van der Waals surface area (Å²) in [4.78, 5) is 19.8. The summed E-state index contributed by atoms with van der Waals surface area (Å²) in [5.74, 6) is 1.95. The fourth-order valence-corrected chi connectivity index (χ4v) is 8.68. The fourth-order valence-electron chi connectivity index (χ4n) is 7.72. The first kappa shape index (κ1) is 34.4. The lowest BCUT2D eigenvalue weighted by molar-refractivity contribution is 1.07. The molecule has 0 spiro atoms. The molecule has 0 aliphatic carbocycles. The molecule has 2 aromatic heterocycles. The van der Waals surface area contributed by atoms with Gasteiger partial charge in [0.15, 0.2) is 17.5 Å². The van der Waals surface area contributed by atoms with Crippen LogP contribution in [0.4, 0.5) is 0 Å². The predicted octanol–water partition coefficient (Wildman–Crippen LogP) is 13.5. The van der Waals surface area contributed by atoms with Crippen molar-refractivity contribution in [2.24, 2.45) is 0 Å².